The third-order valence-corrected chi connectivity index (χ3v) is 4.34. The minimum Gasteiger partial charge on any atom is -0.388 e. The van der Waals surface area contributed by atoms with Gasteiger partial charge in [0.15, 0.2) is 0 Å². The van der Waals surface area contributed by atoms with E-state index in [4.69, 9.17) is 17.3 Å². The average Bonchev–Trinajstić information content (AvgIpc) is 2.41. The Morgan fingerprint density at radius 2 is 1.85 bits per heavy atom. The van der Waals surface area contributed by atoms with Crippen molar-refractivity contribution in [1.82, 2.24) is 0 Å². The maximum Gasteiger partial charge on any atom is 0.0881 e. The van der Waals surface area contributed by atoms with Gasteiger partial charge in [-0.15, -0.1) is 0 Å². The molecule has 2 rings (SSSR count). The van der Waals surface area contributed by atoms with E-state index in [0.29, 0.717) is 11.6 Å². The molecule has 0 aromatic heterocycles. The van der Waals surface area contributed by atoms with Gasteiger partial charge in [0.05, 0.1) is 6.10 Å². The lowest BCUT2D eigenvalue weighted by Gasteiger charge is -2.23. The molecular weight excluding hydrogens is 338 g/mol. The van der Waals surface area contributed by atoms with Crippen molar-refractivity contribution in [2.45, 2.75) is 18.9 Å². The van der Waals surface area contributed by atoms with E-state index in [1.165, 1.54) is 5.56 Å². The van der Waals surface area contributed by atoms with E-state index < -0.39 is 6.10 Å². The van der Waals surface area contributed by atoms with Gasteiger partial charge in [-0.2, -0.15) is 0 Å². The van der Waals surface area contributed by atoms with Gasteiger partial charge in [-0.25, -0.2) is 0 Å². The SMILES string of the molecule is Cc1ccc(C(CN)C(O)c2ccc(Cl)cc2Br)cc1. The fourth-order valence-corrected chi connectivity index (χ4v) is 3.14. The fraction of sp³-hybridized carbons (Fsp3) is 0.250. The molecule has 0 aliphatic carbocycles. The molecule has 0 spiro atoms. The van der Waals surface area contributed by atoms with Crippen LogP contribution in [0.25, 0.3) is 0 Å². The van der Waals surface area contributed by atoms with Gasteiger partial charge in [0.25, 0.3) is 0 Å². The summed E-state index contributed by atoms with van der Waals surface area (Å²) in [7, 11) is 0. The van der Waals surface area contributed by atoms with Gasteiger partial charge in [0, 0.05) is 22.0 Å². The Labute approximate surface area is 132 Å². The van der Waals surface area contributed by atoms with Gasteiger partial charge >= 0.3 is 0 Å². The third kappa shape index (κ3) is 3.41. The highest BCUT2D eigenvalue weighted by Crippen LogP contribution is 2.35. The molecule has 106 valence electrons. The van der Waals surface area contributed by atoms with Crippen LogP contribution in [0, 0.1) is 6.92 Å². The van der Waals surface area contributed by atoms with Gasteiger partial charge in [0.2, 0.25) is 0 Å². The molecule has 2 unspecified atom stereocenters. The van der Waals surface area contributed by atoms with Gasteiger partial charge in [-0.1, -0.05) is 63.4 Å². The van der Waals surface area contributed by atoms with Gasteiger partial charge < -0.3 is 10.8 Å². The van der Waals surface area contributed by atoms with E-state index in [9.17, 15) is 5.11 Å². The van der Waals surface area contributed by atoms with E-state index in [1.54, 1.807) is 12.1 Å². The number of rotatable bonds is 4. The Morgan fingerprint density at radius 1 is 1.20 bits per heavy atom. The molecular formula is C16H17BrClNO. The highest BCUT2D eigenvalue weighted by atomic mass is 79.9. The van der Waals surface area contributed by atoms with Crippen LogP contribution in [0.15, 0.2) is 46.9 Å². The Bertz CT molecular complexity index is 586. The largest absolute Gasteiger partial charge is 0.388 e. The lowest BCUT2D eigenvalue weighted by atomic mass is 9.89. The van der Waals surface area contributed by atoms with Crippen LogP contribution in [-0.4, -0.2) is 11.7 Å². The summed E-state index contributed by atoms with van der Waals surface area (Å²) in [5.41, 5.74) is 8.88. The second-order valence-electron chi connectivity index (χ2n) is 4.86. The Morgan fingerprint density at radius 3 is 2.40 bits per heavy atom. The third-order valence-electron chi connectivity index (χ3n) is 3.42. The maximum absolute atomic E-state index is 10.6. The summed E-state index contributed by atoms with van der Waals surface area (Å²) >= 11 is 9.38. The van der Waals surface area contributed by atoms with Crippen molar-refractivity contribution >= 4 is 27.5 Å². The smallest absolute Gasteiger partial charge is 0.0881 e. The zero-order chi connectivity index (χ0) is 14.7. The molecule has 3 N–H and O–H groups in total. The van der Waals surface area contributed by atoms with Gasteiger partial charge in [-0.05, 0) is 30.2 Å². The number of aryl methyl sites for hydroxylation is 1. The first kappa shape index (κ1) is 15.5. The van der Waals surface area contributed by atoms with E-state index >= 15 is 0 Å². The molecule has 2 nitrogen and oxygen atoms in total. The summed E-state index contributed by atoms with van der Waals surface area (Å²) in [6.45, 7) is 2.41. The lowest BCUT2D eigenvalue weighted by Crippen LogP contribution is -2.20. The zero-order valence-corrected chi connectivity index (χ0v) is 13.5. The fourth-order valence-electron chi connectivity index (χ4n) is 2.22. The van der Waals surface area contributed by atoms with Crippen molar-refractivity contribution < 1.29 is 5.11 Å². The minimum atomic E-state index is -0.672. The van der Waals surface area contributed by atoms with Crippen molar-refractivity contribution in [2.75, 3.05) is 6.54 Å². The Hall–Kier alpha value is -0.870. The summed E-state index contributed by atoms with van der Waals surface area (Å²) in [4.78, 5) is 0. The number of aliphatic hydroxyl groups is 1. The first-order chi connectivity index (χ1) is 9.52. The van der Waals surface area contributed by atoms with E-state index in [1.807, 2.05) is 37.3 Å². The quantitative estimate of drug-likeness (QED) is 0.865. The Kier molecular flexibility index (Phi) is 5.22. The molecule has 0 aliphatic rings. The topological polar surface area (TPSA) is 46.2 Å². The summed E-state index contributed by atoms with van der Waals surface area (Å²) in [5, 5.41) is 11.3. The summed E-state index contributed by atoms with van der Waals surface area (Å²) in [6.07, 6.45) is -0.672. The van der Waals surface area contributed by atoms with Crippen molar-refractivity contribution in [3.63, 3.8) is 0 Å². The van der Waals surface area contributed by atoms with E-state index in [0.717, 1.165) is 15.6 Å². The van der Waals surface area contributed by atoms with Crippen molar-refractivity contribution in [3.05, 3.63) is 68.7 Å². The van der Waals surface area contributed by atoms with E-state index in [-0.39, 0.29) is 5.92 Å². The first-order valence-electron chi connectivity index (χ1n) is 6.42. The van der Waals surface area contributed by atoms with Crippen LogP contribution in [0.2, 0.25) is 5.02 Å². The lowest BCUT2D eigenvalue weighted by molar-refractivity contribution is 0.146. The number of aliphatic hydroxyl groups excluding tert-OH is 1. The highest BCUT2D eigenvalue weighted by molar-refractivity contribution is 9.10. The molecule has 0 radical (unpaired) electrons. The van der Waals surface area contributed by atoms with Crippen LogP contribution in [0.4, 0.5) is 0 Å². The van der Waals surface area contributed by atoms with Crippen LogP contribution in [0.3, 0.4) is 0 Å². The predicted octanol–water partition coefficient (Wildman–Crippen LogP) is 4.19. The normalized spacial score (nSPS) is 14.1. The van der Waals surface area contributed by atoms with Crippen LogP contribution < -0.4 is 5.73 Å². The van der Waals surface area contributed by atoms with Gasteiger partial charge in [-0.3, -0.25) is 0 Å². The number of hydrogen-bond acceptors (Lipinski definition) is 2. The van der Waals surface area contributed by atoms with Gasteiger partial charge in [0.1, 0.15) is 0 Å². The summed E-state index contributed by atoms with van der Waals surface area (Å²) in [6, 6.07) is 13.5. The molecule has 2 aromatic carbocycles. The van der Waals surface area contributed by atoms with Crippen molar-refractivity contribution in [3.8, 4) is 0 Å². The molecule has 0 heterocycles. The summed E-state index contributed by atoms with van der Waals surface area (Å²) in [5.74, 6) is -0.145. The van der Waals surface area contributed by atoms with Crippen LogP contribution >= 0.6 is 27.5 Å². The number of halogens is 2. The predicted molar refractivity (Wildman–Crippen MR) is 87.1 cm³/mol. The minimum absolute atomic E-state index is 0.145. The monoisotopic (exact) mass is 353 g/mol. The average molecular weight is 355 g/mol. The number of nitrogens with two attached hydrogens (primary N) is 1. The van der Waals surface area contributed by atoms with E-state index in [2.05, 4.69) is 15.9 Å². The van der Waals surface area contributed by atoms with Crippen molar-refractivity contribution in [1.29, 1.82) is 0 Å². The van der Waals surface area contributed by atoms with Crippen molar-refractivity contribution in [2.24, 2.45) is 5.73 Å². The zero-order valence-electron chi connectivity index (χ0n) is 11.2. The maximum atomic E-state index is 10.6. The molecule has 0 saturated carbocycles. The molecule has 0 aliphatic heterocycles. The molecule has 0 fully saturated rings. The molecule has 4 heteroatoms. The molecule has 2 aromatic rings. The molecule has 0 saturated heterocycles. The van der Waals surface area contributed by atoms with Crippen LogP contribution in [-0.2, 0) is 0 Å². The molecule has 20 heavy (non-hydrogen) atoms. The second-order valence-corrected chi connectivity index (χ2v) is 6.15. The number of benzene rings is 2. The number of hydrogen-bond donors (Lipinski definition) is 2. The molecule has 0 amide bonds. The molecule has 2 atom stereocenters. The second kappa shape index (κ2) is 6.72. The molecule has 0 bridgehead atoms. The highest BCUT2D eigenvalue weighted by Gasteiger charge is 2.23. The van der Waals surface area contributed by atoms with Crippen LogP contribution in [0.1, 0.15) is 28.7 Å². The summed E-state index contributed by atoms with van der Waals surface area (Å²) < 4.78 is 0.795. The standard InChI is InChI=1S/C16H17BrClNO/c1-10-2-4-11(5-3-10)14(9-19)16(20)13-7-6-12(18)8-15(13)17/h2-8,14,16,20H,9,19H2,1H3. The Balaban J connectivity index is 2.33. The first-order valence-corrected chi connectivity index (χ1v) is 7.59. The van der Waals surface area contributed by atoms with Crippen LogP contribution in [0.5, 0.6) is 0 Å².